The highest BCUT2D eigenvalue weighted by atomic mass is 16.5. The monoisotopic (exact) mass is 340 g/mol. The van der Waals surface area contributed by atoms with Crippen LogP contribution in [0.15, 0.2) is 42.5 Å². The highest BCUT2D eigenvalue weighted by Gasteiger charge is 2.27. The summed E-state index contributed by atoms with van der Waals surface area (Å²) in [7, 11) is 2.99. The molecular formula is C21H24O4. The Morgan fingerprint density at radius 2 is 1.72 bits per heavy atom. The van der Waals surface area contributed by atoms with Crippen LogP contribution >= 0.6 is 0 Å². The van der Waals surface area contributed by atoms with Gasteiger partial charge in [-0.1, -0.05) is 57.2 Å². The van der Waals surface area contributed by atoms with Crippen molar-refractivity contribution in [3.63, 3.8) is 0 Å². The van der Waals surface area contributed by atoms with Gasteiger partial charge in [0.15, 0.2) is 17.3 Å². The molecule has 1 N–H and O–H groups in total. The Kier molecular flexibility index (Phi) is 5.52. The molecule has 0 saturated carbocycles. The summed E-state index contributed by atoms with van der Waals surface area (Å²) in [5.41, 5.74) is 1.90. The Morgan fingerprint density at radius 3 is 2.24 bits per heavy atom. The van der Waals surface area contributed by atoms with Crippen molar-refractivity contribution in [1.82, 2.24) is 0 Å². The highest BCUT2D eigenvalue weighted by molar-refractivity contribution is 6.06. The molecule has 2 aromatic carbocycles. The molecule has 2 aromatic rings. The molecular weight excluding hydrogens is 316 g/mol. The van der Waals surface area contributed by atoms with Gasteiger partial charge in [-0.15, -0.1) is 0 Å². The summed E-state index contributed by atoms with van der Waals surface area (Å²) in [6.07, 6.45) is 3.26. The first-order valence-electron chi connectivity index (χ1n) is 8.05. The molecule has 2 rings (SSSR count). The van der Waals surface area contributed by atoms with E-state index in [9.17, 15) is 9.90 Å². The first-order valence-corrected chi connectivity index (χ1v) is 8.05. The van der Waals surface area contributed by atoms with E-state index in [4.69, 9.17) is 9.47 Å². The van der Waals surface area contributed by atoms with Crippen LogP contribution in [-0.4, -0.2) is 25.1 Å². The lowest BCUT2D eigenvalue weighted by atomic mass is 9.82. The first-order chi connectivity index (χ1) is 11.8. The topological polar surface area (TPSA) is 55.8 Å². The van der Waals surface area contributed by atoms with Gasteiger partial charge in [-0.05, 0) is 23.1 Å². The van der Waals surface area contributed by atoms with Gasteiger partial charge in [-0.2, -0.15) is 0 Å². The number of ketones is 1. The summed E-state index contributed by atoms with van der Waals surface area (Å²) < 4.78 is 10.7. The molecule has 0 aliphatic carbocycles. The molecule has 0 atom stereocenters. The minimum absolute atomic E-state index is 0.0403. The van der Waals surface area contributed by atoms with E-state index in [1.807, 2.05) is 39.0 Å². The lowest BCUT2D eigenvalue weighted by Crippen LogP contribution is -2.15. The second-order valence-corrected chi connectivity index (χ2v) is 6.74. The van der Waals surface area contributed by atoms with Crippen LogP contribution in [0.2, 0.25) is 0 Å². The number of hydrogen-bond acceptors (Lipinski definition) is 4. The maximum atomic E-state index is 12.4. The second-order valence-electron chi connectivity index (χ2n) is 6.74. The minimum atomic E-state index is -0.301. The Balaban J connectivity index is 2.56. The molecule has 4 heteroatoms. The van der Waals surface area contributed by atoms with Gasteiger partial charge >= 0.3 is 0 Å². The number of aromatic hydroxyl groups is 1. The lowest BCUT2D eigenvalue weighted by Gasteiger charge is -2.26. The zero-order valence-electron chi connectivity index (χ0n) is 15.3. The standard InChI is InChI=1S/C21H24O4/c1-21(2,3)18-15(13-17(24-4)19(23)20(18)25-5)11-12-16(22)14-9-7-6-8-10-14/h6-13,23H,1-5H3. The lowest BCUT2D eigenvalue weighted by molar-refractivity contribution is 0.104. The predicted octanol–water partition coefficient (Wildman–Crippen LogP) is 4.60. The molecule has 0 saturated heterocycles. The summed E-state index contributed by atoms with van der Waals surface area (Å²) in [5.74, 6) is 0.531. The molecule has 0 radical (unpaired) electrons. The first kappa shape index (κ1) is 18.6. The van der Waals surface area contributed by atoms with Crippen LogP contribution in [0.25, 0.3) is 6.08 Å². The largest absolute Gasteiger partial charge is 0.502 e. The minimum Gasteiger partial charge on any atom is -0.502 e. The molecule has 0 spiro atoms. The number of rotatable bonds is 5. The summed E-state index contributed by atoms with van der Waals surface area (Å²) in [6, 6.07) is 10.8. The maximum Gasteiger partial charge on any atom is 0.201 e. The Labute approximate surface area is 148 Å². The van der Waals surface area contributed by atoms with Crippen molar-refractivity contribution in [3.05, 3.63) is 59.2 Å². The van der Waals surface area contributed by atoms with E-state index >= 15 is 0 Å². The van der Waals surface area contributed by atoms with E-state index in [1.165, 1.54) is 20.3 Å². The van der Waals surface area contributed by atoms with Crippen molar-refractivity contribution >= 4 is 11.9 Å². The van der Waals surface area contributed by atoms with Crippen molar-refractivity contribution in [3.8, 4) is 17.2 Å². The molecule has 0 aromatic heterocycles. The molecule has 0 aliphatic heterocycles. The van der Waals surface area contributed by atoms with Gasteiger partial charge in [0.25, 0.3) is 0 Å². The SMILES string of the molecule is COc1cc(C=CC(=O)c2ccccc2)c(C(C)(C)C)c(OC)c1O. The predicted molar refractivity (Wildman–Crippen MR) is 99.7 cm³/mol. The molecule has 4 nitrogen and oxygen atoms in total. The number of benzene rings is 2. The maximum absolute atomic E-state index is 12.4. The third-order valence-corrected chi connectivity index (χ3v) is 3.90. The third-order valence-electron chi connectivity index (χ3n) is 3.90. The average molecular weight is 340 g/mol. The van der Waals surface area contributed by atoms with E-state index in [0.717, 1.165) is 11.1 Å². The van der Waals surface area contributed by atoms with E-state index < -0.39 is 0 Å². The number of carbonyl (C=O) groups excluding carboxylic acids is 1. The van der Waals surface area contributed by atoms with Crippen LogP contribution in [-0.2, 0) is 5.41 Å². The van der Waals surface area contributed by atoms with Crippen molar-refractivity contribution < 1.29 is 19.4 Å². The van der Waals surface area contributed by atoms with Crippen LogP contribution in [0.5, 0.6) is 17.2 Å². The number of methoxy groups -OCH3 is 2. The van der Waals surface area contributed by atoms with Gasteiger partial charge in [-0.3, -0.25) is 4.79 Å². The van der Waals surface area contributed by atoms with Gasteiger partial charge in [0.05, 0.1) is 14.2 Å². The fraction of sp³-hybridized carbons (Fsp3) is 0.286. The average Bonchev–Trinajstić information content (AvgIpc) is 2.59. The number of carbonyl (C=O) groups is 1. The molecule has 0 fully saturated rings. The summed E-state index contributed by atoms with van der Waals surface area (Å²) in [4.78, 5) is 12.4. The van der Waals surface area contributed by atoms with Crippen molar-refractivity contribution in [2.75, 3.05) is 14.2 Å². The number of phenolic OH excluding ortho intramolecular Hbond substituents is 1. The Morgan fingerprint density at radius 1 is 1.08 bits per heavy atom. The molecule has 0 unspecified atom stereocenters. The summed E-state index contributed by atoms with van der Waals surface area (Å²) in [5, 5.41) is 10.4. The van der Waals surface area contributed by atoms with Crippen LogP contribution in [0.1, 0.15) is 42.3 Å². The Bertz CT molecular complexity index is 784. The molecule has 132 valence electrons. The number of phenols is 1. The number of hydrogen-bond donors (Lipinski definition) is 1. The van der Waals surface area contributed by atoms with Crippen molar-refractivity contribution in [2.45, 2.75) is 26.2 Å². The quantitative estimate of drug-likeness (QED) is 0.638. The highest BCUT2D eigenvalue weighted by Crippen LogP contribution is 2.46. The van der Waals surface area contributed by atoms with Gasteiger partial charge in [0.1, 0.15) is 0 Å². The number of ether oxygens (including phenoxy) is 2. The van der Waals surface area contributed by atoms with Crippen molar-refractivity contribution in [2.24, 2.45) is 0 Å². The van der Waals surface area contributed by atoms with E-state index in [-0.39, 0.29) is 16.9 Å². The van der Waals surface area contributed by atoms with E-state index in [1.54, 1.807) is 24.3 Å². The van der Waals surface area contributed by atoms with E-state index in [0.29, 0.717) is 17.1 Å². The zero-order chi connectivity index (χ0) is 18.6. The smallest absolute Gasteiger partial charge is 0.201 e. The summed E-state index contributed by atoms with van der Waals surface area (Å²) >= 11 is 0. The van der Waals surface area contributed by atoms with Crippen molar-refractivity contribution in [1.29, 1.82) is 0 Å². The Hall–Kier alpha value is -2.75. The van der Waals surface area contributed by atoms with Crippen LogP contribution in [0.3, 0.4) is 0 Å². The molecule has 0 bridgehead atoms. The molecule has 25 heavy (non-hydrogen) atoms. The van der Waals surface area contributed by atoms with Crippen LogP contribution in [0.4, 0.5) is 0 Å². The summed E-state index contributed by atoms with van der Waals surface area (Å²) in [6.45, 7) is 6.06. The van der Waals surface area contributed by atoms with Gasteiger partial charge in [0.2, 0.25) is 5.75 Å². The molecule has 0 amide bonds. The second kappa shape index (κ2) is 7.43. The van der Waals surface area contributed by atoms with Gasteiger partial charge < -0.3 is 14.6 Å². The molecule has 0 heterocycles. The van der Waals surface area contributed by atoms with Crippen LogP contribution in [0, 0.1) is 0 Å². The normalized spacial score (nSPS) is 11.6. The fourth-order valence-corrected chi connectivity index (χ4v) is 2.77. The zero-order valence-corrected chi connectivity index (χ0v) is 15.3. The number of allylic oxidation sites excluding steroid dienone is 1. The fourth-order valence-electron chi connectivity index (χ4n) is 2.77. The van der Waals surface area contributed by atoms with Gasteiger partial charge in [-0.25, -0.2) is 0 Å². The third kappa shape index (κ3) is 4.02. The van der Waals surface area contributed by atoms with Crippen LogP contribution < -0.4 is 9.47 Å². The molecule has 0 aliphatic rings. The van der Waals surface area contributed by atoms with E-state index in [2.05, 4.69) is 0 Å². The van der Waals surface area contributed by atoms with Gasteiger partial charge in [0, 0.05) is 11.1 Å².